The largest absolute Gasteiger partial charge is 0.450 e. The first kappa shape index (κ1) is 29.9. The van der Waals surface area contributed by atoms with Crippen molar-refractivity contribution in [2.24, 2.45) is 0 Å². The number of nitrogens with zero attached hydrogens (tertiary/aromatic N) is 4. The quantitative estimate of drug-likeness (QED) is 0.123. The molecular formula is C26H27F5N6O3Si. The molecule has 0 spiro atoms. The maximum absolute atomic E-state index is 14.9. The lowest BCUT2D eigenvalue weighted by molar-refractivity contribution is -0.136. The zero-order chi connectivity index (χ0) is 29.8. The zero-order valence-corrected chi connectivity index (χ0v) is 23.4. The number of ether oxygens (including phenoxy) is 2. The van der Waals surface area contributed by atoms with Crippen molar-refractivity contribution in [3.63, 3.8) is 0 Å². The number of halogens is 5. The van der Waals surface area contributed by atoms with Crippen molar-refractivity contribution in [3.8, 4) is 11.5 Å². The van der Waals surface area contributed by atoms with Crippen molar-refractivity contribution >= 4 is 30.8 Å². The maximum atomic E-state index is 14.9. The number of alkyl halides is 3. The van der Waals surface area contributed by atoms with Gasteiger partial charge in [-0.05, 0) is 24.2 Å². The van der Waals surface area contributed by atoms with E-state index in [1.807, 2.05) is 0 Å². The van der Waals surface area contributed by atoms with Gasteiger partial charge in [-0.25, -0.2) is 18.6 Å². The van der Waals surface area contributed by atoms with Gasteiger partial charge in [0.05, 0.1) is 23.2 Å². The van der Waals surface area contributed by atoms with Crippen LogP contribution in [0.1, 0.15) is 11.3 Å². The third-order valence-electron chi connectivity index (χ3n) is 5.78. The van der Waals surface area contributed by atoms with Crippen LogP contribution in [0.25, 0.3) is 11.0 Å². The number of pyridine rings is 1. The molecule has 0 atom stereocenters. The highest BCUT2D eigenvalue weighted by Crippen LogP contribution is 2.42. The molecule has 4 rings (SSSR count). The van der Waals surface area contributed by atoms with Crippen molar-refractivity contribution in [2.75, 3.05) is 11.9 Å². The lowest BCUT2D eigenvalue weighted by atomic mass is 10.2. The SMILES string of the molecule is C[Si](C)(C)CCOCn1cc(C(F)(F)F)c2c(Oc3c(F)cc(NC(=O)NCc4cccnn4)cc3F)ccnc21. The van der Waals surface area contributed by atoms with Gasteiger partial charge in [0.15, 0.2) is 17.4 Å². The Morgan fingerprint density at radius 3 is 2.46 bits per heavy atom. The van der Waals surface area contributed by atoms with E-state index in [1.165, 1.54) is 17.0 Å². The number of benzene rings is 1. The van der Waals surface area contributed by atoms with E-state index in [2.05, 4.69) is 45.5 Å². The van der Waals surface area contributed by atoms with Crippen molar-refractivity contribution in [3.05, 3.63) is 71.8 Å². The molecule has 0 aliphatic heterocycles. The molecule has 0 saturated heterocycles. The van der Waals surface area contributed by atoms with Gasteiger partial charge in [-0.15, -0.1) is 0 Å². The van der Waals surface area contributed by atoms with Gasteiger partial charge in [0.25, 0.3) is 0 Å². The van der Waals surface area contributed by atoms with Crippen LogP contribution in [0.3, 0.4) is 0 Å². The number of urea groups is 1. The standard InChI is InChI=1S/C26H27F5N6O3Si/c1-41(2,3)10-9-39-15-37-14-18(26(29,30)31)22-21(6-8-32-24(22)37)40-23-19(27)11-17(12-20(23)28)35-25(38)33-13-16-5-4-7-34-36-16/h4-8,11-12,14H,9-10,13,15H2,1-3H3,(H2,33,35,38). The predicted octanol–water partition coefficient (Wildman–Crippen LogP) is 6.55. The average molecular weight is 595 g/mol. The minimum Gasteiger partial charge on any atom is -0.450 e. The van der Waals surface area contributed by atoms with Gasteiger partial charge in [-0.3, -0.25) is 0 Å². The van der Waals surface area contributed by atoms with Gasteiger partial charge in [0, 0.05) is 51.1 Å². The molecule has 218 valence electrons. The third-order valence-corrected chi connectivity index (χ3v) is 7.48. The summed E-state index contributed by atoms with van der Waals surface area (Å²) in [5.74, 6) is -3.90. The molecule has 0 bridgehead atoms. The van der Waals surface area contributed by atoms with Gasteiger partial charge in [-0.1, -0.05) is 19.6 Å². The Balaban J connectivity index is 1.55. The highest BCUT2D eigenvalue weighted by molar-refractivity contribution is 6.76. The number of amides is 2. The molecule has 0 aliphatic rings. The Kier molecular flexibility index (Phi) is 8.87. The van der Waals surface area contributed by atoms with E-state index in [9.17, 15) is 26.7 Å². The van der Waals surface area contributed by atoms with E-state index in [1.54, 1.807) is 12.1 Å². The van der Waals surface area contributed by atoms with Crippen molar-refractivity contribution in [2.45, 2.75) is 45.1 Å². The molecule has 0 aliphatic carbocycles. The van der Waals surface area contributed by atoms with Gasteiger partial charge in [0.1, 0.15) is 18.1 Å². The number of hydrogen-bond donors (Lipinski definition) is 2. The number of nitrogens with one attached hydrogen (secondary N) is 2. The Labute approximate surface area is 232 Å². The van der Waals surface area contributed by atoms with E-state index in [4.69, 9.17) is 9.47 Å². The fourth-order valence-corrected chi connectivity index (χ4v) is 4.50. The second-order valence-corrected chi connectivity index (χ2v) is 15.9. The van der Waals surface area contributed by atoms with Crippen molar-refractivity contribution < 1.29 is 36.2 Å². The molecule has 0 radical (unpaired) electrons. The summed E-state index contributed by atoms with van der Waals surface area (Å²) in [6, 6.07) is 5.92. The monoisotopic (exact) mass is 594 g/mol. The molecule has 1 aromatic carbocycles. The van der Waals surface area contributed by atoms with Crippen molar-refractivity contribution in [1.29, 1.82) is 0 Å². The van der Waals surface area contributed by atoms with Gasteiger partial charge in [-0.2, -0.15) is 23.4 Å². The molecule has 3 heterocycles. The number of hydrogen-bond acceptors (Lipinski definition) is 6. The smallest absolute Gasteiger partial charge is 0.418 e. The van der Waals surface area contributed by atoms with Crippen LogP contribution in [0.15, 0.2) is 48.9 Å². The van der Waals surface area contributed by atoms with Crippen LogP contribution in [0.2, 0.25) is 25.7 Å². The molecule has 0 saturated carbocycles. The van der Waals surface area contributed by atoms with Crippen LogP contribution in [0.5, 0.6) is 11.5 Å². The molecule has 9 nitrogen and oxygen atoms in total. The van der Waals surface area contributed by atoms with E-state index >= 15 is 0 Å². The number of anilines is 1. The molecule has 0 fully saturated rings. The second-order valence-electron chi connectivity index (χ2n) is 10.3. The fourth-order valence-electron chi connectivity index (χ4n) is 3.74. The first-order chi connectivity index (χ1) is 19.3. The third kappa shape index (κ3) is 7.76. The van der Waals surface area contributed by atoms with Crippen molar-refractivity contribution in [1.82, 2.24) is 25.1 Å². The van der Waals surface area contributed by atoms with E-state index in [0.29, 0.717) is 12.3 Å². The first-order valence-electron chi connectivity index (χ1n) is 12.4. The first-order valence-corrected chi connectivity index (χ1v) is 16.1. The van der Waals surface area contributed by atoms with E-state index in [0.717, 1.165) is 30.4 Å². The summed E-state index contributed by atoms with van der Waals surface area (Å²) in [6.07, 6.45) is -1.35. The minimum absolute atomic E-state index is 0.00835. The molecule has 0 unspecified atom stereocenters. The average Bonchev–Trinajstić information content (AvgIpc) is 3.28. The lowest BCUT2D eigenvalue weighted by Gasteiger charge is -2.15. The van der Waals surface area contributed by atoms with Crippen LogP contribution < -0.4 is 15.4 Å². The normalized spacial score (nSPS) is 12.0. The number of carbonyl (C=O) groups is 1. The topological polar surface area (TPSA) is 103 Å². The van der Waals surface area contributed by atoms with Gasteiger partial charge >= 0.3 is 12.2 Å². The predicted molar refractivity (Wildman–Crippen MR) is 143 cm³/mol. The van der Waals surface area contributed by atoms with Gasteiger partial charge < -0.3 is 24.7 Å². The molecule has 15 heteroatoms. The Morgan fingerprint density at radius 1 is 1.10 bits per heavy atom. The second kappa shape index (κ2) is 12.2. The van der Waals surface area contributed by atoms with Crippen LogP contribution in [-0.2, 0) is 24.2 Å². The highest BCUT2D eigenvalue weighted by atomic mass is 28.3. The number of rotatable bonds is 10. The summed E-state index contributed by atoms with van der Waals surface area (Å²) < 4.78 is 83.9. The Morgan fingerprint density at radius 2 is 1.83 bits per heavy atom. The summed E-state index contributed by atoms with van der Waals surface area (Å²) in [5.41, 5.74) is -1.01. The molecule has 41 heavy (non-hydrogen) atoms. The fraction of sp³-hybridized carbons (Fsp3) is 0.308. The zero-order valence-electron chi connectivity index (χ0n) is 22.4. The van der Waals surface area contributed by atoms with Crippen LogP contribution >= 0.6 is 0 Å². The maximum Gasteiger partial charge on any atom is 0.418 e. The molecule has 3 aromatic heterocycles. The Bertz CT molecular complexity index is 1500. The summed E-state index contributed by atoms with van der Waals surface area (Å²) in [7, 11) is -1.42. The number of fused-ring (bicyclic) bond motifs is 1. The van der Waals surface area contributed by atoms with E-state index < -0.39 is 54.4 Å². The number of carbonyl (C=O) groups excluding carboxylic acids is 1. The lowest BCUT2D eigenvalue weighted by Crippen LogP contribution is -2.28. The van der Waals surface area contributed by atoms with Crippen LogP contribution in [-0.4, -0.2) is 40.5 Å². The van der Waals surface area contributed by atoms with Gasteiger partial charge in [0.2, 0.25) is 0 Å². The van der Waals surface area contributed by atoms with E-state index in [-0.39, 0.29) is 24.6 Å². The van der Waals surface area contributed by atoms with Crippen LogP contribution in [0.4, 0.5) is 32.4 Å². The minimum atomic E-state index is -4.81. The summed E-state index contributed by atoms with van der Waals surface area (Å²) in [4.78, 5) is 16.2. The molecule has 2 amide bonds. The molecule has 2 N–H and O–H groups in total. The summed E-state index contributed by atoms with van der Waals surface area (Å²) in [5, 5.41) is 11.7. The summed E-state index contributed by atoms with van der Waals surface area (Å²) in [6.45, 7) is 6.61. The molecule has 4 aromatic rings. The van der Waals surface area contributed by atoms with Crippen LogP contribution in [0, 0.1) is 11.6 Å². The highest BCUT2D eigenvalue weighted by Gasteiger charge is 2.37. The molecular weight excluding hydrogens is 567 g/mol. The number of aromatic nitrogens is 4. The summed E-state index contributed by atoms with van der Waals surface area (Å²) >= 11 is 0. The Hall–Kier alpha value is -4.11.